The normalized spacial score (nSPS) is 27.8. The zero-order chi connectivity index (χ0) is 16.8. The molecule has 2 aliphatic rings. The van der Waals surface area contributed by atoms with Gasteiger partial charge in [-0.2, -0.15) is 0 Å². The molecule has 2 fully saturated rings. The molecule has 2 aliphatic carbocycles. The lowest BCUT2D eigenvalue weighted by Gasteiger charge is -2.32. The molecule has 0 spiro atoms. The first-order chi connectivity index (χ1) is 10.8. The van der Waals surface area contributed by atoms with Gasteiger partial charge in [0.05, 0.1) is 0 Å². The van der Waals surface area contributed by atoms with Crippen LogP contribution in [0.3, 0.4) is 0 Å². The van der Waals surface area contributed by atoms with Crippen molar-refractivity contribution >= 4 is 29.2 Å². The van der Waals surface area contributed by atoms with Crippen LogP contribution >= 0.6 is 11.6 Å². The summed E-state index contributed by atoms with van der Waals surface area (Å²) in [7, 11) is 0. The summed E-state index contributed by atoms with van der Waals surface area (Å²) < 4.78 is 0. The Hall–Kier alpha value is -1.88. The first-order valence-corrected chi connectivity index (χ1v) is 8.06. The van der Waals surface area contributed by atoms with Crippen LogP contribution in [0.1, 0.15) is 43.5 Å². The molecule has 2 amide bonds. The highest BCUT2D eigenvalue weighted by Crippen LogP contribution is 2.60. The molecule has 2 N–H and O–H groups in total. The zero-order valence-electron chi connectivity index (χ0n) is 13.1. The fourth-order valence-electron chi connectivity index (χ4n) is 3.91. The highest BCUT2D eigenvalue weighted by Gasteiger charge is 2.65. The lowest BCUT2D eigenvalue weighted by molar-refractivity contribution is -0.145. The third-order valence-electron chi connectivity index (χ3n) is 5.37. The van der Waals surface area contributed by atoms with Gasteiger partial charge in [0.25, 0.3) is 11.8 Å². The van der Waals surface area contributed by atoms with Crippen molar-refractivity contribution in [2.45, 2.75) is 33.1 Å². The van der Waals surface area contributed by atoms with E-state index in [0.717, 1.165) is 6.42 Å². The molecule has 0 aromatic heterocycles. The van der Waals surface area contributed by atoms with Crippen molar-refractivity contribution in [1.29, 1.82) is 0 Å². The molecule has 122 valence electrons. The van der Waals surface area contributed by atoms with Gasteiger partial charge in [-0.15, -0.1) is 0 Å². The first kappa shape index (κ1) is 16.0. The van der Waals surface area contributed by atoms with Gasteiger partial charge < -0.3 is 0 Å². The Bertz CT molecular complexity index is 701. The summed E-state index contributed by atoms with van der Waals surface area (Å²) in [5, 5.41) is 0.439. The van der Waals surface area contributed by atoms with Crippen LogP contribution in [0.2, 0.25) is 5.02 Å². The largest absolute Gasteiger partial charge is 0.298 e. The van der Waals surface area contributed by atoms with E-state index >= 15 is 0 Å². The summed E-state index contributed by atoms with van der Waals surface area (Å²) >= 11 is 5.84. The van der Waals surface area contributed by atoms with E-state index in [9.17, 15) is 14.4 Å². The van der Waals surface area contributed by atoms with Crippen LogP contribution in [-0.4, -0.2) is 17.6 Å². The van der Waals surface area contributed by atoms with E-state index in [2.05, 4.69) is 10.9 Å². The fourth-order valence-corrected chi connectivity index (χ4v) is 4.10. The minimum absolute atomic E-state index is 0.0178. The SMILES string of the molecule is CC1(C)C(=O)C2(C(=O)NNC(=O)c3cccc(Cl)c3)CCC1C2. The molecule has 5 nitrogen and oxygen atoms in total. The van der Waals surface area contributed by atoms with E-state index in [1.165, 1.54) is 6.07 Å². The summed E-state index contributed by atoms with van der Waals surface area (Å²) in [6, 6.07) is 6.42. The monoisotopic (exact) mass is 334 g/mol. The number of Topliss-reactive ketones (excluding diaryl/α,β-unsaturated/α-hetero) is 1. The van der Waals surface area contributed by atoms with Crippen molar-refractivity contribution in [3.8, 4) is 0 Å². The van der Waals surface area contributed by atoms with Crippen LogP contribution in [0.4, 0.5) is 0 Å². The topological polar surface area (TPSA) is 75.3 Å². The third kappa shape index (κ3) is 2.43. The van der Waals surface area contributed by atoms with Crippen molar-refractivity contribution < 1.29 is 14.4 Å². The molecule has 0 aliphatic heterocycles. The minimum atomic E-state index is -0.990. The third-order valence-corrected chi connectivity index (χ3v) is 5.60. The highest BCUT2D eigenvalue weighted by molar-refractivity contribution is 6.31. The number of carbonyl (C=O) groups is 3. The molecule has 6 heteroatoms. The predicted molar refractivity (Wildman–Crippen MR) is 85.6 cm³/mol. The van der Waals surface area contributed by atoms with E-state index < -0.39 is 22.6 Å². The number of hydrazine groups is 1. The van der Waals surface area contributed by atoms with Crippen molar-refractivity contribution in [3.63, 3.8) is 0 Å². The van der Waals surface area contributed by atoms with E-state index in [1.54, 1.807) is 18.2 Å². The number of nitrogens with one attached hydrogen (secondary N) is 2. The average molecular weight is 335 g/mol. The Balaban J connectivity index is 1.69. The first-order valence-electron chi connectivity index (χ1n) is 7.69. The quantitative estimate of drug-likeness (QED) is 0.644. The van der Waals surface area contributed by atoms with Crippen LogP contribution < -0.4 is 10.9 Å². The molecule has 0 radical (unpaired) electrons. The fraction of sp³-hybridized carbons (Fsp3) is 0.471. The molecule has 0 saturated heterocycles. The second-order valence-corrected chi connectivity index (χ2v) is 7.43. The maximum Gasteiger partial charge on any atom is 0.269 e. The van der Waals surface area contributed by atoms with Gasteiger partial charge in [0, 0.05) is 16.0 Å². The van der Waals surface area contributed by atoms with Gasteiger partial charge in [-0.3, -0.25) is 25.2 Å². The van der Waals surface area contributed by atoms with Gasteiger partial charge in [-0.05, 0) is 43.4 Å². The van der Waals surface area contributed by atoms with E-state index in [4.69, 9.17) is 11.6 Å². The number of carbonyl (C=O) groups excluding carboxylic acids is 3. The number of fused-ring (bicyclic) bond motifs is 2. The number of hydrogen-bond donors (Lipinski definition) is 2. The molecule has 2 bridgehead atoms. The lowest BCUT2D eigenvalue weighted by Crippen LogP contribution is -2.52. The summed E-state index contributed by atoms with van der Waals surface area (Å²) in [4.78, 5) is 37.2. The Morgan fingerprint density at radius 3 is 2.61 bits per heavy atom. The lowest BCUT2D eigenvalue weighted by atomic mass is 9.70. The van der Waals surface area contributed by atoms with Gasteiger partial charge in [0.1, 0.15) is 5.41 Å². The number of amides is 2. The molecular weight excluding hydrogens is 316 g/mol. The molecule has 1 aromatic carbocycles. The van der Waals surface area contributed by atoms with Gasteiger partial charge in [0.2, 0.25) is 0 Å². The van der Waals surface area contributed by atoms with Crippen LogP contribution in [0.25, 0.3) is 0 Å². The van der Waals surface area contributed by atoms with Crippen molar-refractivity contribution in [2.24, 2.45) is 16.7 Å². The van der Waals surface area contributed by atoms with E-state index in [1.807, 2.05) is 13.8 Å². The molecule has 3 rings (SSSR count). The average Bonchev–Trinajstić information content (AvgIpc) is 3.04. The molecule has 23 heavy (non-hydrogen) atoms. The summed E-state index contributed by atoms with van der Waals surface area (Å²) in [6.45, 7) is 3.80. The summed E-state index contributed by atoms with van der Waals surface area (Å²) in [5.74, 6) is -0.650. The maximum absolute atomic E-state index is 12.6. The Kier molecular flexibility index (Phi) is 3.71. The highest BCUT2D eigenvalue weighted by atomic mass is 35.5. The standard InChI is InChI=1S/C17H19ClN2O3/c1-16(2)11-6-7-17(9-11,14(16)22)15(23)20-19-13(21)10-4-3-5-12(18)8-10/h3-5,8,11H,6-7,9H2,1-2H3,(H,19,21)(H,20,23). The summed E-state index contributed by atoms with van der Waals surface area (Å²) in [6.07, 6.45) is 1.99. The number of benzene rings is 1. The Labute approximate surface area is 139 Å². The van der Waals surface area contributed by atoms with Crippen molar-refractivity contribution in [3.05, 3.63) is 34.9 Å². The van der Waals surface area contributed by atoms with Crippen LogP contribution in [-0.2, 0) is 9.59 Å². The number of halogens is 1. The molecule has 2 saturated carbocycles. The van der Waals surface area contributed by atoms with E-state index in [-0.39, 0.29) is 11.7 Å². The van der Waals surface area contributed by atoms with E-state index in [0.29, 0.717) is 23.4 Å². The smallest absolute Gasteiger partial charge is 0.269 e. The van der Waals surface area contributed by atoms with Gasteiger partial charge in [-0.1, -0.05) is 31.5 Å². The zero-order valence-corrected chi connectivity index (χ0v) is 13.9. The predicted octanol–water partition coefficient (Wildman–Crippen LogP) is 2.50. The molecule has 2 atom stereocenters. The van der Waals surface area contributed by atoms with Gasteiger partial charge in [-0.25, -0.2) is 0 Å². The second kappa shape index (κ2) is 5.34. The summed E-state index contributed by atoms with van der Waals surface area (Å²) in [5.41, 5.74) is 3.69. The Morgan fingerprint density at radius 2 is 2.00 bits per heavy atom. The Morgan fingerprint density at radius 1 is 1.26 bits per heavy atom. The second-order valence-electron chi connectivity index (χ2n) is 6.99. The van der Waals surface area contributed by atoms with Crippen LogP contribution in [0.15, 0.2) is 24.3 Å². The van der Waals surface area contributed by atoms with Gasteiger partial charge >= 0.3 is 0 Å². The molecule has 2 unspecified atom stereocenters. The molecule has 1 aromatic rings. The molecule has 0 heterocycles. The van der Waals surface area contributed by atoms with Crippen molar-refractivity contribution in [2.75, 3.05) is 0 Å². The maximum atomic E-state index is 12.6. The number of rotatable bonds is 2. The minimum Gasteiger partial charge on any atom is -0.298 e. The van der Waals surface area contributed by atoms with Crippen LogP contribution in [0, 0.1) is 16.7 Å². The molecular formula is C17H19ClN2O3. The number of hydrogen-bond acceptors (Lipinski definition) is 3. The van der Waals surface area contributed by atoms with Gasteiger partial charge in [0.15, 0.2) is 5.78 Å². The van der Waals surface area contributed by atoms with Crippen LogP contribution in [0.5, 0.6) is 0 Å². The number of ketones is 1. The van der Waals surface area contributed by atoms with Crippen molar-refractivity contribution in [1.82, 2.24) is 10.9 Å².